The Bertz CT molecular complexity index is 301. The van der Waals surface area contributed by atoms with E-state index in [0.717, 1.165) is 12.8 Å². The van der Waals surface area contributed by atoms with Gasteiger partial charge in [-0.25, -0.2) is 9.59 Å². The molecule has 0 heterocycles. The molecule has 0 aromatic rings. The van der Waals surface area contributed by atoms with E-state index in [1.165, 1.54) is 0 Å². The highest BCUT2D eigenvalue weighted by atomic mass is 16.6. The van der Waals surface area contributed by atoms with E-state index in [4.69, 9.17) is 0 Å². The third kappa shape index (κ3) is 7.17. The SMILES string of the molecule is CCCCOC(=O)[C@@H](O)[C@@H](O)[C@H](O)[C@@H](O)C(=O)OCCCC. The molecule has 0 bridgehead atoms. The van der Waals surface area contributed by atoms with E-state index in [2.05, 4.69) is 9.47 Å². The quantitative estimate of drug-likeness (QED) is 0.284. The molecular weight excluding hydrogens is 296 g/mol. The maximum Gasteiger partial charge on any atom is 0.337 e. The van der Waals surface area contributed by atoms with Crippen LogP contribution in [0.2, 0.25) is 0 Å². The molecule has 4 atom stereocenters. The molecule has 0 spiro atoms. The van der Waals surface area contributed by atoms with Crippen LogP contribution in [0.1, 0.15) is 39.5 Å². The number of hydrogen-bond acceptors (Lipinski definition) is 8. The summed E-state index contributed by atoms with van der Waals surface area (Å²) < 4.78 is 9.35. The molecule has 0 saturated carbocycles. The molecule has 130 valence electrons. The first-order valence-electron chi connectivity index (χ1n) is 7.42. The summed E-state index contributed by atoms with van der Waals surface area (Å²) in [7, 11) is 0. The third-order valence-corrected chi connectivity index (χ3v) is 2.96. The zero-order chi connectivity index (χ0) is 17.1. The minimum atomic E-state index is -2.07. The number of esters is 2. The molecule has 0 rings (SSSR count). The van der Waals surface area contributed by atoms with Crippen molar-refractivity contribution < 1.29 is 39.5 Å². The zero-order valence-electron chi connectivity index (χ0n) is 13.0. The van der Waals surface area contributed by atoms with Crippen molar-refractivity contribution in [3.05, 3.63) is 0 Å². The van der Waals surface area contributed by atoms with Crippen LogP contribution in [0.3, 0.4) is 0 Å². The molecule has 0 radical (unpaired) electrons. The third-order valence-electron chi connectivity index (χ3n) is 2.96. The minimum Gasteiger partial charge on any atom is -0.464 e. The summed E-state index contributed by atoms with van der Waals surface area (Å²) in [6.45, 7) is 3.89. The number of aliphatic hydroxyl groups is 4. The van der Waals surface area contributed by atoms with Crippen LogP contribution in [0.5, 0.6) is 0 Å². The smallest absolute Gasteiger partial charge is 0.337 e. The molecule has 0 aliphatic heterocycles. The van der Waals surface area contributed by atoms with Crippen LogP contribution < -0.4 is 0 Å². The Morgan fingerprint density at radius 2 is 1.09 bits per heavy atom. The molecule has 0 saturated heterocycles. The molecule has 22 heavy (non-hydrogen) atoms. The van der Waals surface area contributed by atoms with Gasteiger partial charge in [0.25, 0.3) is 0 Å². The van der Waals surface area contributed by atoms with Crippen LogP contribution in [0, 0.1) is 0 Å². The Hall–Kier alpha value is -1.22. The highest BCUT2D eigenvalue weighted by Crippen LogP contribution is 2.09. The van der Waals surface area contributed by atoms with Crippen molar-refractivity contribution >= 4 is 11.9 Å². The largest absolute Gasteiger partial charge is 0.464 e. The van der Waals surface area contributed by atoms with Gasteiger partial charge in [-0.3, -0.25) is 0 Å². The fourth-order valence-corrected chi connectivity index (χ4v) is 1.46. The van der Waals surface area contributed by atoms with Crippen LogP contribution in [-0.2, 0) is 19.1 Å². The van der Waals surface area contributed by atoms with Crippen molar-refractivity contribution in [2.45, 2.75) is 63.9 Å². The second-order valence-electron chi connectivity index (χ2n) is 4.91. The predicted molar refractivity (Wildman–Crippen MR) is 75.8 cm³/mol. The van der Waals surface area contributed by atoms with E-state index >= 15 is 0 Å². The van der Waals surface area contributed by atoms with Gasteiger partial charge >= 0.3 is 11.9 Å². The summed E-state index contributed by atoms with van der Waals surface area (Å²) in [4.78, 5) is 22.9. The van der Waals surface area contributed by atoms with Gasteiger partial charge in [0, 0.05) is 0 Å². The maximum absolute atomic E-state index is 11.4. The Balaban J connectivity index is 4.39. The van der Waals surface area contributed by atoms with E-state index in [9.17, 15) is 30.0 Å². The Kier molecular flexibility index (Phi) is 10.7. The van der Waals surface area contributed by atoms with Gasteiger partial charge in [-0.2, -0.15) is 0 Å². The molecule has 0 unspecified atom stereocenters. The van der Waals surface area contributed by atoms with E-state index in [1.807, 2.05) is 13.8 Å². The van der Waals surface area contributed by atoms with Gasteiger partial charge in [0.05, 0.1) is 13.2 Å². The summed E-state index contributed by atoms with van der Waals surface area (Å²) in [5, 5.41) is 38.4. The highest BCUT2D eigenvalue weighted by molar-refractivity contribution is 5.77. The van der Waals surface area contributed by atoms with E-state index in [0.29, 0.717) is 12.8 Å². The first kappa shape index (κ1) is 20.8. The van der Waals surface area contributed by atoms with Crippen LogP contribution in [0.25, 0.3) is 0 Å². The number of aliphatic hydroxyl groups excluding tert-OH is 4. The molecule has 0 aromatic heterocycles. The number of ether oxygens (including phenoxy) is 2. The molecule has 4 N–H and O–H groups in total. The molecule has 0 aliphatic rings. The van der Waals surface area contributed by atoms with Gasteiger partial charge in [0.15, 0.2) is 12.2 Å². The Labute approximate surface area is 129 Å². The van der Waals surface area contributed by atoms with Gasteiger partial charge in [-0.15, -0.1) is 0 Å². The monoisotopic (exact) mass is 322 g/mol. The summed E-state index contributed by atoms with van der Waals surface area (Å²) in [5.41, 5.74) is 0. The van der Waals surface area contributed by atoms with Crippen molar-refractivity contribution in [1.29, 1.82) is 0 Å². The maximum atomic E-state index is 11.4. The second kappa shape index (κ2) is 11.4. The minimum absolute atomic E-state index is 0.0663. The lowest BCUT2D eigenvalue weighted by molar-refractivity contribution is -0.179. The van der Waals surface area contributed by atoms with Crippen molar-refractivity contribution in [3.8, 4) is 0 Å². The lowest BCUT2D eigenvalue weighted by atomic mass is 10.0. The second-order valence-corrected chi connectivity index (χ2v) is 4.91. The summed E-state index contributed by atoms with van der Waals surface area (Å²) in [6, 6.07) is 0. The summed E-state index contributed by atoms with van der Waals surface area (Å²) in [5.74, 6) is -2.27. The number of carbonyl (C=O) groups is 2. The molecule has 8 nitrogen and oxygen atoms in total. The Morgan fingerprint density at radius 1 is 0.773 bits per heavy atom. The topological polar surface area (TPSA) is 134 Å². The molecule has 0 aromatic carbocycles. The average molecular weight is 322 g/mol. The predicted octanol–water partition coefficient (Wildman–Crippen LogP) is -0.883. The summed E-state index contributed by atoms with van der Waals surface area (Å²) >= 11 is 0. The highest BCUT2D eigenvalue weighted by Gasteiger charge is 2.38. The van der Waals surface area contributed by atoms with E-state index in [-0.39, 0.29) is 13.2 Å². The van der Waals surface area contributed by atoms with E-state index < -0.39 is 36.4 Å². The molecule has 8 heteroatoms. The van der Waals surface area contributed by atoms with Gasteiger partial charge in [-0.1, -0.05) is 26.7 Å². The van der Waals surface area contributed by atoms with Gasteiger partial charge in [-0.05, 0) is 12.8 Å². The molecule has 0 fully saturated rings. The van der Waals surface area contributed by atoms with Crippen LogP contribution >= 0.6 is 0 Å². The number of rotatable bonds is 11. The normalized spacial score (nSPS) is 16.5. The summed E-state index contributed by atoms with van der Waals surface area (Å²) in [6.07, 6.45) is -5.54. The molecular formula is C14H26O8. The standard InChI is InChI=1S/C14H26O8/c1-3-5-7-21-13(19)11(17)9(15)10(16)12(18)14(20)22-8-6-4-2/h9-12,15-18H,3-8H2,1-2H3/t9-,10-,11-,12+/m0/s1. The van der Waals surface area contributed by atoms with Gasteiger partial charge in [0.2, 0.25) is 0 Å². The first-order valence-corrected chi connectivity index (χ1v) is 7.42. The van der Waals surface area contributed by atoms with Crippen molar-refractivity contribution in [1.82, 2.24) is 0 Å². The van der Waals surface area contributed by atoms with Crippen molar-refractivity contribution in [3.63, 3.8) is 0 Å². The van der Waals surface area contributed by atoms with Gasteiger partial charge in [0.1, 0.15) is 12.2 Å². The number of unbranched alkanes of at least 4 members (excludes halogenated alkanes) is 2. The lowest BCUT2D eigenvalue weighted by Crippen LogP contribution is -2.50. The first-order chi connectivity index (χ1) is 10.4. The Morgan fingerprint density at radius 3 is 1.36 bits per heavy atom. The average Bonchev–Trinajstić information content (AvgIpc) is 2.52. The van der Waals surface area contributed by atoms with Crippen molar-refractivity contribution in [2.24, 2.45) is 0 Å². The zero-order valence-corrected chi connectivity index (χ0v) is 13.0. The van der Waals surface area contributed by atoms with Crippen LogP contribution in [0.4, 0.5) is 0 Å². The fourth-order valence-electron chi connectivity index (χ4n) is 1.46. The van der Waals surface area contributed by atoms with E-state index in [1.54, 1.807) is 0 Å². The van der Waals surface area contributed by atoms with Gasteiger partial charge < -0.3 is 29.9 Å². The molecule has 0 amide bonds. The van der Waals surface area contributed by atoms with Crippen molar-refractivity contribution in [2.75, 3.05) is 13.2 Å². The number of carbonyl (C=O) groups excluding carboxylic acids is 2. The van der Waals surface area contributed by atoms with Crippen LogP contribution in [-0.4, -0.2) is 70.0 Å². The fraction of sp³-hybridized carbons (Fsp3) is 0.857. The van der Waals surface area contributed by atoms with Crippen LogP contribution in [0.15, 0.2) is 0 Å². The molecule has 0 aliphatic carbocycles. The lowest BCUT2D eigenvalue weighted by Gasteiger charge is -2.24. The number of hydrogen-bond donors (Lipinski definition) is 4.